The summed E-state index contributed by atoms with van der Waals surface area (Å²) >= 11 is 0. The Morgan fingerprint density at radius 2 is 1.85 bits per heavy atom. The summed E-state index contributed by atoms with van der Waals surface area (Å²) in [7, 11) is -3.98. The molecule has 0 unspecified atom stereocenters. The Bertz CT molecular complexity index is 994. The molecule has 10 heteroatoms. The number of para-hydroxylation sites is 1. The number of nitrogens with one attached hydrogen (secondary N) is 1. The molecule has 0 aliphatic carbocycles. The third kappa shape index (κ3) is 4.40. The minimum Gasteiger partial charge on any atom is -0.324 e. The smallest absolute Gasteiger partial charge is 0.274 e. The van der Waals surface area contributed by atoms with Gasteiger partial charge in [-0.05, 0) is 32.0 Å². The van der Waals surface area contributed by atoms with Crippen LogP contribution in [-0.4, -0.2) is 31.5 Å². The number of hydrogen-bond donors (Lipinski definition) is 1. The zero-order valence-corrected chi connectivity index (χ0v) is 15.7. The van der Waals surface area contributed by atoms with Gasteiger partial charge in [-0.3, -0.25) is 19.2 Å². The number of sulfonamides is 1. The first kappa shape index (κ1) is 20.3. The zero-order valence-electron chi connectivity index (χ0n) is 14.8. The van der Waals surface area contributed by atoms with Crippen LogP contribution >= 0.6 is 0 Å². The minimum atomic E-state index is -3.98. The Kier molecular flexibility index (Phi) is 5.79. The fourth-order valence-corrected chi connectivity index (χ4v) is 3.78. The van der Waals surface area contributed by atoms with E-state index in [-0.39, 0.29) is 22.6 Å². The van der Waals surface area contributed by atoms with Crippen molar-refractivity contribution in [3.63, 3.8) is 0 Å². The average Bonchev–Trinajstić information content (AvgIpc) is 2.57. The summed E-state index contributed by atoms with van der Waals surface area (Å²) in [6.07, 6.45) is 0.863. The molecule has 0 aromatic heterocycles. The second-order valence-corrected chi connectivity index (χ2v) is 7.74. The summed E-state index contributed by atoms with van der Waals surface area (Å²) in [5, 5.41) is 13.5. The lowest BCUT2D eigenvalue weighted by molar-refractivity contribution is -0.385. The minimum absolute atomic E-state index is 0.169. The van der Waals surface area contributed by atoms with Crippen molar-refractivity contribution in [3.8, 4) is 0 Å². The van der Waals surface area contributed by atoms with Crippen LogP contribution in [0, 0.1) is 22.9 Å². The molecule has 27 heavy (non-hydrogen) atoms. The van der Waals surface area contributed by atoms with Crippen molar-refractivity contribution < 1.29 is 22.5 Å². The first-order chi connectivity index (χ1) is 12.5. The number of nitro benzene ring substituents is 1. The van der Waals surface area contributed by atoms with Gasteiger partial charge in [0.2, 0.25) is 15.9 Å². The summed E-state index contributed by atoms with van der Waals surface area (Å²) in [5.74, 6) is -1.55. The lowest BCUT2D eigenvalue weighted by Crippen LogP contribution is -2.45. The second-order valence-electron chi connectivity index (χ2n) is 5.88. The Morgan fingerprint density at radius 1 is 1.22 bits per heavy atom. The molecule has 0 aliphatic heterocycles. The van der Waals surface area contributed by atoms with E-state index in [9.17, 15) is 27.7 Å². The number of halogens is 1. The summed E-state index contributed by atoms with van der Waals surface area (Å²) in [6.45, 7) is 2.76. The number of nitrogens with zero attached hydrogens (tertiary/aromatic N) is 2. The highest BCUT2D eigenvalue weighted by atomic mass is 32.2. The van der Waals surface area contributed by atoms with Crippen molar-refractivity contribution in [1.82, 2.24) is 0 Å². The Labute approximate surface area is 155 Å². The molecule has 0 saturated carbocycles. The van der Waals surface area contributed by atoms with Crippen LogP contribution < -0.4 is 9.62 Å². The highest BCUT2D eigenvalue weighted by Crippen LogP contribution is 2.27. The van der Waals surface area contributed by atoms with E-state index in [1.54, 1.807) is 0 Å². The van der Waals surface area contributed by atoms with E-state index in [2.05, 4.69) is 5.32 Å². The van der Waals surface area contributed by atoms with Gasteiger partial charge in [0.1, 0.15) is 11.9 Å². The highest BCUT2D eigenvalue weighted by molar-refractivity contribution is 7.92. The van der Waals surface area contributed by atoms with Crippen LogP contribution in [-0.2, 0) is 14.8 Å². The largest absolute Gasteiger partial charge is 0.324 e. The topological polar surface area (TPSA) is 110 Å². The van der Waals surface area contributed by atoms with Gasteiger partial charge < -0.3 is 5.32 Å². The monoisotopic (exact) mass is 395 g/mol. The Hall–Kier alpha value is -3.01. The third-order valence-electron chi connectivity index (χ3n) is 3.94. The summed E-state index contributed by atoms with van der Waals surface area (Å²) in [6, 6.07) is 8.04. The van der Waals surface area contributed by atoms with Crippen LogP contribution in [0.2, 0.25) is 0 Å². The van der Waals surface area contributed by atoms with Crippen molar-refractivity contribution in [2.24, 2.45) is 0 Å². The Morgan fingerprint density at radius 3 is 2.41 bits per heavy atom. The number of amides is 1. The quantitative estimate of drug-likeness (QED) is 0.597. The van der Waals surface area contributed by atoms with Gasteiger partial charge in [-0.2, -0.15) is 0 Å². The maximum absolute atomic E-state index is 14.1. The number of nitro groups is 1. The molecule has 144 valence electrons. The molecule has 2 aromatic carbocycles. The van der Waals surface area contributed by atoms with Gasteiger partial charge in [-0.25, -0.2) is 12.8 Å². The maximum atomic E-state index is 14.1. The average molecular weight is 395 g/mol. The number of carbonyl (C=O) groups is 1. The molecule has 0 spiro atoms. The van der Waals surface area contributed by atoms with Gasteiger partial charge in [0.15, 0.2) is 0 Å². The Balaban J connectivity index is 2.39. The molecule has 1 amide bonds. The molecule has 0 fully saturated rings. The van der Waals surface area contributed by atoms with Crippen molar-refractivity contribution in [2.45, 2.75) is 19.9 Å². The number of carbonyl (C=O) groups excluding carboxylic acids is 1. The molecule has 0 bridgehead atoms. The van der Waals surface area contributed by atoms with Crippen LogP contribution in [0.5, 0.6) is 0 Å². The molecular formula is C17H18FN3O5S. The predicted octanol–water partition coefficient (Wildman–Crippen LogP) is 2.84. The molecule has 2 aromatic rings. The SMILES string of the molecule is Cc1c(NC(=O)[C@@H](C)N(c2ccccc2F)S(C)(=O)=O)cccc1[N+](=O)[O-]. The third-order valence-corrected chi connectivity index (χ3v) is 5.17. The first-order valence-electron chi connectivity index (χ1n) is 7.83. The van der Waals surface area contributed by atoms with E-state index in [0.717, 1.165) is 12.3 Å². The lowest BCUT2D eigenvalue weighted by atomic mass is 10.1. The first-order valence-corrected chi connectivity index (χ1v) is 9.67. The van der Waals surface area contributed by atoms with E-state index in [1.165, 1.54) is 50.2 Å². The van der Waals surface area contributed by atoms with E-state index in [1.807, 2.05) is 0 Å². The molecule has 1 N–H and O–H groups in total. The van der Waals surface area contributed by atoms with Gasteiger partial charge in [-0.1, -0.05) is 18.2 Å². The fraction of sp³-hybridized carbons (Fsp3) is 0.235. The summed E-state index contributed by atoms with van der Waals surface area (Å²) in [4.78, 5) is 23.0. The van der Waals surface area contributed by atoms with E-state index >= 15 is 0 Å². The van der Waals surface area contributed by atoms with Gasteiger partial charge in [0, 0.05) is 6.07 Å². The van der Waals surface area contributed by atoms with Gasteiger partial charge >= 0.3 is 0 Å². The van der Waals surface area contributed by atoms with Gasteiger partial charge in [-0.15, -0.1) is 0 Å². The van der Waals surface area contributed by atoms with Crippen LogP contribution in [0.25, 0.3) is 0 Å². The molecular weight excluding hydrogens is 377 g/mol. The van der Waals surface area contributed by atoms with Crippen LogP contribution in [0.15, 0.2) is 42.5 Å². The predicted molar refractivity (Wildman–Crippen MR) is 99.6 cm³/mol. The summed E-state index contributed by atoms with van der Waals surface area (Å²) < 4.78 is 39.2. The molecule has 1 atom stereocenters. The van der Waals surface area contributed by atoms with E-state index in [0.29, 0.717) is 4.31 Å². The van der Waals surface area contributed by atoms with Crippen molar-refractivity contribution in [1.29, 1.82) is 0 Å². The molecule has 0 saturated heterocycles. The number of rotatable bonds is 6. The second kappa shape index (κ2) is 7.70. The molecule has 2 rings (SSSR count). The number of benzene rings is 2. The van der Waals surface area contributed by atoms with Crippen LogP contribution in [0.3, 0.4) is 0 Å². The van der Waals surface area contributed by atoms with Crippen molar-refractivity contribution in [2.75, 3.05) is 15.9 Å². The lowest BCUT2D eigenvalue weighted by Gasteiger charge is -2.28. The molecule has 0 aliphatic rings. The van der Waals surface area contributed by atoms with Crippen molar-refractivity contribution in [3.05, 3.63) is 64.0 Å². The number of anilines is 2. The summed E-state index contributed by atoms with van der Waals surface area (Å²) in [5.41, 5.74) is -0.0594. The normalized spacial score (nSPS) is 12.3. The van der Waals surface area contributed by atoms with E-state index < -0.39 is 32.7 Å². The van der Waals surface area contributed by atoms with Crippen molar-refractivity contribution >= 4 is 33.0 Å². The highest BCUT2D eigenvalue weighted by Gasteiger charge is 2.31. The zero-order chi connectivity index (χ0) is 20.4. The van der Waals surface area contributed by atoms with Crippen LogP contribution in [0.4, 0.5) is 21.5 Å². The molecule has 0 radical (unpaired) electrons. The standard InChI is InChI=1S/C17H18FN3O5S/c1-11-14(8-6-10-15(11)21(23)24)19-17(22)12(2)20(27(3,25)26)16-9-5-4-7-13(16)18/h4-10,12H,1-3H3,(H,19,22)/t12-/m1/s1. The maximum Gasteiger partial charge on any atom is 0.274 e. The van der Waals surface area contributed by atoms with E-state index in [4.69, 9.17) is 0 Å². The fourth-order valence-electron chi connectivity index (χ4n) is 2.61. The molecule has 0 heterocycles. The van der Waals surface area contributed by atoms with Gasteiger partial charge in [0.05, 0.1) is 28.1 Å². The molecule has 8 nitrogen and oxygen atoms in total. The van der Waals surface area contributed by atoms with Crippen LogP contribution in [0.1, 0.15) is 12.5 Å². The number of hydrogen-bond acceptors (Lipinski definition) is 5. The van der Waals surface area contributed by atoms with Gasteiger partial charge in [0.25, 0.3) is 5.69 Å².